The summed E-state index contributed by atoms with van der Waals surface area (Å²) in [4.78, 5) is 12.9. The molecule has 0 bridgehead atoms. The molecule has 0 aliphatic heterocycles. The highest BCUT2D eigenvalue weighted by atomic mass is 19.3. The number of hydrogen-bond donors (Lipinski definition) is 1. The molecule has 0 saturated heterocycles. The molecule has 1 N–H and O–H groups in total. The van der Waals surface area contributed by atoms with Gasteiger partial charge >= 0.3 is 0 Å². The lowest BCUT2D eigenvalue weighted by molar-refractivity contribution is -0.121. The number of benzene rings is 1. The second-order valence-corrected chi connectivity index (χ2v) is 9.72. The van der Waals surface area contributed by atoms with E-state index in [0.717, 1.165) is 16.8 Å². The van der Waals surface area contributed by atoms with Crippen LogP contribution in [0, 0.1) is 12.8 Å². The van der Waals surface area contributed by atoms with E-state index in [9.17, 15) is 13.6 Å². The molecule has 1 aliphatic carbocycles. The Morgan fingerprint density at radius 3 is 2.56 bits per heavy atom. The van der Waals surface area contributed by atoms with E-state index in [4.69, 9.17) is 0 Å². The van der Waals surface area contributed by atoms with Gasteiger partial charge in [0.05, 0.1) is 0 Å². The summed E-state index contributed by atoms with van der Waals surface area (Å²) in [5.41, 5.74) is 3.62. The van der Waals surface area contributed by atoms with Crippen molar-refractivity contribution in [1.29, 1.82) is 0 Å². The van der Waals surface area contributed by atoms with Gasteiger partial charge < -0.3 is 5.32 Å². The molecule has 32 heavy (non-hydrogen) atoms. The molecule has 2 nitrogen and oxygen atoms in total. The second-order valence-electron chi connectivity index (χ2n) is 9.72. The van der Waals surface area contributed by atoms with E-state index in [2.05, 4.69) is 31.8 Å². The van der Waals surface area contributed by atoms with Crippen molar-refractivity contribution in [2.24, 2.45) is 5.92 Å². The molecule has 0 amide bonds. The van der Waals surface area contributed by atoms with Crippen LogP contribution in [0.15, 0.2) is 54.3 Å². The molecule has 0 heterocycles. The number of carbonyl (C=O) groups is 1. The maximum atomic E-state index is 12.9. The van der Waals surface area contributed by atoms with Crippen molar-refractivity contribution in [3.05, 3.63) is 65.4 Å². The Hall–Kier alpha value is -2.23. The largest absolute Gasteiger partial charge is 0.355 e. The molecule has 0 atom stereocenters. The van der Waals surface area contributed by atoms with E-state index in [1.807, 2.05) is 38.1 Å². The van der Waals surface area contributed by atoms with Gasteiger partial charge in [0, 0.05) is 30.6 Å². The number of nitrogens with one attached hydrogen (secondary N) is 1. The number of halogens is 2. The van der Waals surface area contributed by atoms with Crippen LogP contribution >= 0.6 is 0 Å². The zero-order chi connectivity index (χ0) is 23.7. The minimum Gasteiger partial charge on any atom is -0.355 e. The quantitative estimate of drug-likeness (QED) is 0.349. The third-order valence-electron chi connectivity index (χ3n) is 6.45. The number of carbonyl (C=O) groups excluding carboxylic acids is 1. The van der Waals surface area contributed by atoms with Crippen LogP contribution in [0.3, 0.4) is 0 Å². The minimum atomic E-state index is -2.44. The van der Waals surface area contributed by atoms with Crippen LogP contribution < -0.4 is 5.32 Å². The average Bonchev–Trinajstić information content (AvgIpc) is 2.71. The van der Waals surface area contributed by atoms with Crippen LogP contribution in [0.4, 0.5) is 14.5 Å². The lowest BCUT2D eigenvalue weighted by Gasteiger charge is -2.29. The summed E-state index contributed by atoms with van der Waals surface area (Å²) in [5, 5.41) is 3.31. The predicted molar refractivity (Wildman–Crippen MR) is 131 cm³/mol. The molecule has 0 aromatic heterocycles. The molecule has 1 fully saturated rings. The molecule has 4 heteroatoms. The van der Waals surface area contributed by atoms with Gasteiger partial charge in [0.25, 0.3) is 0 Å². The standard InChI is InChI=1S/C28H39F2NO/c1-6-7-15-25(20(2)17-27(29)30)31-26-16-11-14-24(21(26)3)28(4,5)19-23(32)18-22-12-9-8-10-13-22/h6-7,11,14-16,22,27,31H,2,8-10,12-13,17-19H2,1,3-5H3/b7-6-,25-15+. The summed E-state index contributed by atoms with van der Waals surface area (Å²) in [7, 11) is 0. The van der Waals surface area contributed by atoms with E-state index < -0.39 is 6.43 Å². The van der Waals surface area contributed by atoms with Crippen LogP contribution in [0.1, 0.15) is 83.3 Å². The summed E-state index contributed by atoms with van der Waals surface area (Å²) in [6.07, 6.45) is 9.94. The third kappa shape index (κ3) is 7.72. The van der Waals surface area contributed by atoms with Crippen LogP contribution in [0.2, 0.25) is 0 Å². The fraction of sp³-hybridized carbons (Fsp3) is 0.536. The molecule has 1 aliphatic rings. The van der Waals surface area contributed by atoms with Gasteiger partial charge in [-0.1, -0.05) is 76.8 Å². The normalized spacial score (nSPS) is 16.0. The highest BCUT2D eigenvalue weighted by molar-refractivity contribution is 5.80. The minimum absolute atomic E-state index is 0.305. The lowest BCUT2D eigenvalue weighted by atomic mass is 9.75. The monoisotopic (exact) mass is 443 g/mol. The van der Waals surface area contributed by atoms with Crippen LogP contribution in [-0.4, -0.2) is 12.2 Å². The Labute approximate surface area is 192 Å². The third-order valence-corrected chi connectivity index (χ3v) is 6.45. The molecule has 176 valence electrons. The Kier molecular flexibility index (Phi) is 9.86. The number of ketones is 1. The SMILES string of the molecule is C=C(CC(F)F)/C(=C\C=C/C)Nc1cccc(C(C)(C)CC(=O)CC2CCCCC2)c1C. The number of anilines is 1. The summed E-state index contributed by atoms with van der Waals surface area (Å²) >= 11 is 0. The zero-order valence-electron chi connectivity index (χ0n) is 20.1. The summed E-state index contributed by atoms with van der Waals surface area (Å²) < 4.78 is 25.9. The number of rotatable bonds is 11. The van der Waals surface area contributed by atoms with Gasteiger partial charge in [-0.2, -0.15) is 0 Å². The van der Waals surface area contributed by atoms with Crippen molar-refractivity contribution in [1.82, 2.24) is 0 Å². The van der Waals surface area contributed by atoms with Gasteiger partial charge in [0.2, 0.25) is 6.43 Å². The topological polar surface area (TPSA) is 29.1 Å². The molecular weight excluding hydrogens is 404 g/mol. The molecule has 1 aromatic rings. The molecule has 0 spiro atoms. The summed E-state index contributed by atoms with van der Waals surface area (Å²) in [6.45, 7) is 12.0. The van der Waals surface area contributed by atoms with Crippen LogP contribution in [0.5, 0.6) is 0 Å². The number of allylic oxidation sites excluding steroid dienone is 4. The Morgan fingerprint density at radius 1 is 1.25 bits per heavy atom. The van der Waals surface area contributed by atoms with Crippen LogP contribution in [0.25, 0.3) is 0 Å². The molecular formula is C28H39F2NO. The molecule has 0 radical (unpaired) electrons. The van der Waals surface area contributed by atoms with E-state index in [-0.39, 0.29) is 11.8 Å². The van der Waals surface area contributed by atoms with Crippen molar-refractivity contribution >= 4 is 11.5 Å². The van der Waals surface area contributed by atoms with Crippen molar-refractivity contribution in [2.75, 3.05) is 5.32 Å². The fourth-order valence-corrected chi connectivity index (χ4v) is 4.76. The maximum Gasteiger partial charge on any atom is 0.242 e. The first-order chi connectivity index (χ1) is 15.1. The Bertz CT molecular complexity index is 845. The van der Waals surface area contributed by atoms with Crippen molar-refractivity contribution in [3.63, 3.8) is 0 Å². The average molecular weight is 444 g/mol. The van der Waals surface area contributed by atoms with Gasteiger partial charge in [0.1, 0.15) is 5.78 Å². The maximum absolute atomic E-state index is 12.9. The molecule has 2 rings (SSSR count). The van der Waals surface area contributed by atoms with E-state index in [1.54, 1.807) is 6.08 Å². The van der Waals surface area contributed by atoms with Gasteiger partial charge in [-0.05, 0) is 54.0 Å². The molecule has 0 unspecified atom stereocenters. The van der Waals surface area contributed by atoms with Gasteiger partial charge in [-0.3, -0.25) is 4.79 Å². The van der Waals surface area contributed by atoms with E-state index in [0.29, 0.717) is 35.8 Å². The highest BCUT2D eigenvalue weighted by Gasteiger charge is 2.28. The number of alkyl halides is 2. The zero-order valence-corrected chi connectivity index (χ0v) is 20.1. The summed E-state index contributed by atoms with van der Waals surface area (Å²) in [6, 6.07) is 5.97. The molecule has 1 saturated carbocycles. The first-order valence-corrected chi connectivity index (χ1v) is 11.8. The molecule has 1 aromatic carbocycles. The lowest BCUT2D eigenvalue weighted by Crippen LogP contribution is -2.25. The van der Waals surface area contributed by atoms with E-state index in [1.165, 1.54) is 32.1 Å². The number of Topliss-reactive ketones (excluding diaryl/α,β-unsaturated/α-hetero) is 1. The predicted octanol–water partition coefficient (Wildman–Crippen LogP) is 8.29. The number of hydrogen-bond acceptors (Lipinski definition) is 2. The van der Waals surface area contributed by atoms with Crippen LogP contribution in [-0.2, 0) is 10.2 Å². The summed E-state index contributed by atoms with van der Waals surface area (Å²) in [5.74, 6) is 0.875. The Balaban J connectivity index is 2.19. The first kappa shape index (κ1) is 26.0. The van der Waals surface area contributed by atoms with Gasteiger partial charge in [0.15, 0.2) is 0 Å². The van der Waals surface area contributed by atoms with Crippen molar-refractivity contribution < 1.29 is 13.6 Å². The van der Waals surface area contributed by atoms with Gasteiger partial charge in [-0.15, -0.1) is 0 Å². The van der Waals surface area contributed by atoms with Crippen molar-refractivity contribution in [2.45, 2.75) is 90.9 Å². The smallest absolute Gasteiger partial charge is 0.242 e. The van der Waals surface area contributed by atoms with Gasteiger partial charge in [-0.25, -0.2) is 8.78 Å². The highest BCUT2D eigenvalue weighted by Crippen LogP contribution is 2.36. The van der Waals surface area contributed by atoms with E-state index >= 15 is 0 Å². The fourth-order valence-electron chi connectivity index (χ4n) is 4.76. The Morgan fingerprint density at radius 2 is 1.94 bits per heavy atom. The first-order valence-electron chi connectivity index (χ1n) is 11.8. The van der Waals surface area contributed by atoms with Crippen molar-refractivity contribution in [3.8, 4) is 0 Å². The second kappa shape index (κ2) is 12.1.